The second kappa shape index (κ2) is 8.98. The highest BCUT2D eigenvalue weighted by Gasteiger charge is 2.34. The van der Waals surface area contributed by atoms with Crippen LogP contribution < -0.4 is 15.4 Å². The first-order valence-corrected chi connectivity index (χ1v) is 10.2. The maximum absolute atomic E-state index is 12.9. The van der Waals surface area contributed by atoms with E-state index in [2.05, 4.69) is 10.6 Å². The molecule has 4 rings (SSSR count). The third kappa shape index (κ3) is 4.45. The lowest BCUT2D eigenvalue weighted by Gasteiger charge is -2.26. The van der Waals surface area contributed by atoms with Crippen LogP contribution in [0.25, 0.3) is 0 Å². The molecule has 1 saturated carbocycles. The summed E-state index contributed by atoms with van der Waals surface area (Å²) in [7, 11) is 0. The average molecular weight is 408 g/mol. The fraction of sp³-hybridized carbons (Fsp3) is 0.348. The average Bonchev–Trinajstić information content (AvgIpc) is 2.76. The molecule has 0 saturated heterocycles. The van der Waals surface area contributed by atoms with Crippen LogP contribution in [0.1, 0.15) is 49.1 Å². The van der Waals surface area contributed by atoms with Gasteiger partial charge in [-0.25, -0.2) is 4.79 Å². The molecule has 30 heavy (non-hydrogen) atoms. The maximum atomic E-state index is 12.9. The van der Waals surface area contributed by atoms with Gasteiger partial charge in [-0.1, -0.05) is 55.7 Å². The van der Waals surface area contributed by atoms with Gasteiger partial charge in [0.2, 0.25) is 0 Å². The van der Waals surface area contributed by atoms with E-state index >= 15 is 0 Å². The Bertz CT molecular complexity index is 907. The third-order valence-corrected chi connectivity index (χ3v) is 5.45. The molecule has 0 unspecified atom stereocenters. The second-order valence-electron chi connectivity index (χ2n) is 7.58. The van der Waals surface area contributed by atoms with Gasteiger partial charge in [0.15, 0.2) is 6.61 Å². The van der Waals surface area contributed by atoms with Crippen LogP contribution in [0.2, 0.25) is 0 Å². The number of benzene rings is 2. The summed E-state index contributed by atoms with van der Waals surface area (Å²) in [5.74, 6) is -0.773. The van der Waals surface area contributed by atoms with Gasteiger partial charge in [0.05, 0.1) is 0 Å². The van der Waals surface area contributed by atoms with Gasteiger partial charge in [-0.15, -0.1) is 0 Å². The molecule has 0 bridgehead atoms. The quantitative estimate of drug-likeness (QED) is 0.754. The lowest BCUT2D eigenvalue weighted by atomic mass is 9.88. The Morgan fingerprint density at radius 2 is 1.50 bits per heavy atom. The first-order valence-electron chi connectivity index (χ1n) is 10.2. The molecule has 2 aromatic carbocycles. The number of para-hydroxylation sites is 2. The lowest BCUT2D eigenvalue weighted by Crippen LogP contribution is -2.46. The van der Waals surface area contributed by atoms with E-state index in [1.54, 1.807) is 24.3 Å². The van der Waals surface area contributed by atoms with Crippen molar-refractivity contribution in [1.82, 2.24) is 10.6 Å². The summed E-state index contributed by atoms with van der Waals surface area (Å²) in [6.45, 7) is -0.529. The number of carbonyl (C=O) groups is 3. The Morgan fingerprint density at radius 3 is 2.13 bits per heavy atom. The highest BCUT2D eigenvalue weighted by Crippen LogP contribution is 2.44. The van der Waals surface area contributed by atoms with Gasteiger partial charge in [-0.3, -0.25) is 14.9 Å². The van der Waals surface area contributed by atoms with Crippen molar-refractivity contribution in [3.63, 3.8) is 0 Å². The van der Waals surface area contributed by atoms with Gasteiger partial charge >= 0.3 is 12.0 Å². The van der Waals surface area contributed by atoms with Crippen LogP contribution in [-0.4, -0.2) is 30.6 Å². The standard InChI is InChI=1S/C23H24N2O5/c26-20(25-23(28)24-15-8-2-1-3-9-15)14-29-22(27)21-16-10-4-6-12-18(16)30-19-13-7-5-11-17(19)21/h4-7,10-13,15,21H,1-3,8-9,14H2,(H2,24,25,26,28). The molecule has 1 heterocycles. The molecule has 0 radical (unpaired) electrons. The number of fused-ring (bicyclic) bond motifs is 2. The summed E-state index contributed by atoms with van der Waals surface area (Å²) in [4.78, 5) is 37.0. The number of urea groups is 1. The van der Waals surface area contributed by atoms with Gasteiger partial charge < -0.3 is 14.8 Å². The highest BCUT2D eigenvalue weighted by atomic mass is 16.5. The first-order chi connectivity index (χ1) is 14.6. The van der Waals surface area contributed by atoms with Crippen molar-refractivity contribution >= 4 is 17.9 Å². The molecule has 3 amide bonds. The van der Waals surface area contributed by atoms with Crippen LogP contribution in [0.15, 0.2) is 48.5 Å². The molecule has 1 fully saturated rings. The highest BCUT2D eigenvalue weighted by molar-refractivity contribution is 5.96. The van der Waals surface area contributed by atoms with Crippen LogP contribution in [0.3, 0.4) is 0 Å². The molecule has 0 spiro atoms. The summed E-state index contributed by atoms with van der Waals surface area (Å²) in [6.07, 6.45) is 5.15. The minimum absolute atomic E-state index is 0.0874. The molecule has 2 aliphatic rings. The molecule has 156 valence electrons. The topological polar surface area (TPSA) is 93.7 Å². The van der Waals surface area contributed by atoms with Crippen molar-refractivity contribution in [3.05, 3.63) is 59.7 Å². The number of imide groups is 1. The summed E-state index contributed by atoms with van der Waals surface area (Å²) in [6, 6.07) is 14.0. The van der Waals surface area contributed by atoms with E-state index in [1.165, 1.54) is 6.42 Å². The predicted molar refractivity (Wildman–Crippen MR) is 109 cm³/mol. The molecule has 2 N–H and O–H groups in total. The number of carbonyl (C=O) groups excluding carboxylic acids is 3. The maximum Gasteiger partial charge on any atom is 0.321 e. The molecule has 1 aliphatic heterocycles. The Balaban J connectivity index is 1.37. The number of hydrogen-bond donors (Lipinski definition) is 2. The minimum atomic E-state index is -0.699. The van der Waals surface area contributed by atoms with E-state index in [4.69, 9.17) is 9.47 Å². The predicted octanol–water partition coefficient (Wildman–Crippen LogP) is 3.63. The largest absolute Gasteiger partial charge is 0.457 e. The summed E-state index contributed by atoms with van der Waals surface area (Å²) >= 11 is 0. The molecular formula is C23H24N2O5. The second-order valence-corrected chi connectivity index (χ2v) is 7.58. The van der Waals surface area contributed by atoms with Crippen LogP contribution >= 0.6 is 0 Å². The number of esters is 1. The fourth-order valence-corrected chi connectivity index (χ4v) is 4.01. The Hall–Kier alpha value is -3.35. The zero-order chi connectivity index (χ0) is 20.9. The van der Waals surface area contributed by atoms with Gasteiger partial charge in [-0.05, 0) is 25.0 Å². The lowest BCUT2D eigenvalue weighted by molar-refractivity contribution is -0.149. The van der Waals surface area contributed by atoms with Crippen molar-refractivity contribution in [1.29, 1.82) is 0 Å². The van der Waals surface area contributed by atoms with Crippen molar-refractivity contribution in [2.45, 2.75) is 44.1 Å². The van der Waals surface area contributed by atoms with Crippen molar-refractivity contribution in [3.8, 4) is 11.5 Å². The number of amides is 3. The van der Waals surface area contributed by atoms with E-state index in [9.17, 15) is 14.4 Å². The zero-order valence-corrected chi connectivity index (χ0v) is 16.6. The first kappa shape index (κ1) is 19.9. The SMILES string of the molecule is O=C(COC(=O)C1c2ccccc2Oc2ccccc21)NC(=O)NC1CCCCC1. The minimum Gasteiger partial charge on any atom is -0.457 e. The number of ether oxygens (including phenoxy) is 2. The third-order valence-electron chi connectivity index (χ3n) is 5.45. The Morgan fingerprint density at radius 1 is 0.900 bits per heavy atom. The summed E-state index contributed by atoms with van der Waals surface area (Å²) in [5, 5.41) is 5.03. The zero-order valence-electron chi connectivity index (χ0n) is 16.6. The fourth-order valence-electron chi connectivity index (χ4n) is 4.01. The van der Waals surface area contributed by atoms with Crippen molar-refractivity contribution in [2.75, 3.05) is 6.61 Å². The van der Waals surface area contributed by atoms with Gasteiger partial charge in [0, 0.05) is 17.2 Å². The van der Waals surface area contributed by atoms with Gasteiger partial charge in [-0.2, -0.15) is 0 Å². The summed E-state index contributed by atoms with van der Waals surface area (Å²) in [5.41, 5.74) is 1.35. The van der Waals surface area contributed by atoms with E-state index in [0.717, 1.165) is 25.7 Å². The van der Waals surface area contributed by atoms with Crippen molar-refractivity contribution in [2.24, 2.45) is 0 Å². The Labute approximate surface area is 174 Å². The van der Waals surface area contributed by atoms with E-state index in [0.29, 0.717) is 22.6 Å². The van der Waals surface area contributed by atoms with Crippen LogP contribution in [0.4, 0.5) is 4.79 Å². The van der Waals surface area contributed by atoms with E-state index in [1.807, 2.05) is 24.3 Å². The number of rotatable bonds is 4. The summed E-state index contributed by atoms with van der Waals surface area (Å²) < 4.78 is 11.1. The number of hydrogen-bond acceptors (Lipinski definition) is 5. The van der Waals surface area contributed by atoms with E-state index in [-0.39, 0.29) is 6.04 Å². The normalized spacial score (nSPS) is 15.9. The molecule has 1 aliphatic carbocycles. The molecular weight excluding hydrogens is 384 g/mol. The smallest absolute Gasteiger partial charge is 0.321 e. The molecule has 7 nitrogen and oxygen atoms in total. The van der Waals surface area contributed by atoms with E-state index < -0.39 is 30.4 Å². The monoisotopic (exact) mass is 408 g/mol. The van der Waals surface area contributed by atoms with Crippen LogP contribution in [0.5, 0.6) is 11.5 Å². The number of nitrogens with one attached hydrogen (secondary N) is 2. The van der Waals surface area contributed by atoms with Crippen LogP contribution in [-0.2, 0) is 14.3 Å². The molecule has 7 heteroatoms. The van der Waals surface area contributed by atoms with Crippen LogP contribution in [0, 0.1) is 0 Å². The Kier molecular flexibility index (Phi) is 5.97. The van der Waals surface area contributed by atoms with Gasteiger partial charge in [0.25, 0.3) is 5.91 Å². The molecule has 0 aromatic heterocycles. The molecule has 0 atom stereocenters. The van der Waals surface area contributed by atoms with Gasteiger partial charge in [0.1, 0.15) is 17.4 Å². The molecule has 2 aromatic rings. The van der Waals surface area contributed by atoms with Crippen molar-refractivity contribution < 1.29 is 23.9 Å².